The molecule has 23 heavy (non-hydrogen) atoms. The number of hydrogen-bond donors (Lipinski definition) is 1. The first kappa shape index (κ1) is 17.5. The first-order chi connectivity index (χ1) is 11.0. The second-order valence-electron chi connectivity index (χ2n) is 6.17. The van der Waals surface area contributed by atoms with Crippen LogP contribution in [0.4, 0.5) is 0 Å². The number of nitrogens with zero attached hydrogens (tertiary/aromatic N) is 2. The molecule has 1 aromatic rings. The predicted octanol–water partition coefficient (Wildman–Crippen LogP) is 1.77. The van der Waals surface area contributed by atoms with E-state index in [9.17, 15) is 14.7 Å². The Kier molecular flexibility index (Phi) is 6.16. The van der Waals surface area contributed by atoms with Crippen LogP contribution in [0.1, 0.15) is 37.0 Å². The summed E-state index contributed by atoms with van der Waals surface area (Å²) in [5.41, 5.74) is 0.673. The van der Waals surface area contributed by atoms with Crippen molar-refractivity contribution in [2.75, 3.05) is 26.2 Å². The number of rotatable bonds is 4. The standard InChI is InChI=1S/C18H26N2O3/c1-3-14(2)16(21)18(23)20-11-7-10-19(12-13-20)17(22)15-8-5-4-6-9-15/h4-6,8-9,14,16,21H,3,7,10-13H2,1-2H3. The zero-order valence-electron chi connectivity index (χ0n) is 13.9. The molecule has 1 heterocycles. The van der Waals surface area contributed by atoms with Crippen molar-refractivity contribution in [1.82, 2.24) is 9.80 Å². The Morgan fingerprint density at radius 2 is 1.70 bits per heavy atom. The molecule has 1 N–H and O–H groups in total. The highest BCUT2D eigenvalue weighted by Crippen LogP contribution is 2.14. The zero-order valence-corrected chi connectivity index (χ0v) is 13.9. The van der Waals surface area contributed by atoms with Crippen molar-refractivity contribution < 1.29 is 14.7 Å². The lowest BCUT2D eigenvalue weighted by atomic mass is 10.0. The monoisotopic (exact) mass is 318 g/mol. The van der Waals surface area contributed by atoms with Crippen LogP contribution in [0.25, 0.3) is 0 Å². The van der Waals surface area contributed by atoms with Crippen LogP contribution in [-0.2, 0) is 4.79 Å². The summed E-state index contributed by atoms with van der Waals surface area (Å²) in [5.74, 6) is -0.261. The summed E-state index contributed by atoms with van der Waals surface area (Å²) >= 11 is 0. The molecule has 1 aliphatic rings. The van der Waals surface area contributed by atoms with Crippen molar-refractivity contribution in [2.45, 2.75) is 32.8 Å². The number of amides is 2. The highest BCUT2D eigenvalue weighted by molar-refractivity contribution is 5.94. The van der Waals surface area contributed by atoms with E-state index in [1.54, 1.807) is 9.80 Å². The first-order valence-corrected chi connectivity index (χ1v) is 8.35. The molecule has 0 bridgehead atoms. The van der Waals surface area contributed by atoms with Gasteiger partial charge in [0.25, 0.3) is 11.8 Å². The Hall–Kier alpha value is -1.88. The van der Waals surface area contributed by atoms with Crippen LogP contribution in [0.3, 0.4) is 0 Å². The molecule has 0 aromatic heterocycles. The average molecular weight is 318 g/mol. The van der Waals surface area contributed by atoms with Crippen LogP contribution in [0, 0.1) is 5.92 Å². The number of hydrogen-bond acceptors (Lipinski definition) is 3. The lowest BCUT2D eigenvalue weighted by Gasteiger charge is -2.26. The Morgan fingerprint density at radius 3 is 2.35 bits per heavy atom. The molecule has 0 radical (unpaired) electrons. The Labute approximate surface area is 137 Å². The van der Waals surface area contributed by atoms with E-state index >= 15 is 0 Å². The summed E-state index contributed by atoms with van der Waals surface area (Å²) < 4.78 is 0. The maximum atomic E-state index is 12.5. The molecule has 1 saturated heterocycles. The molecule has 1 fully saturated rings. The molecule has 2 unspecified atom stereocenters. The molecular formula is C18H26N2O3. The minimum atomic E-state index is -0.948. The largest absolute Gasteiger partial charge is 0.383 e. The normalized spacial score (nSPS) is 18.2. The molecule has 2 rings (SSSR count). The summed E-state index contributed by atoms with van der Waals surface area (Å²) in [5, 5.41) is 10.1. The van der Waals surface area contributed by atoms with Crippen LogP contribution in [0.5, 0.6) is 0 Å². The Balaban J connectivity index is 1.97. The molecule has 0 spiro atoms. The van der Waals surface area contributed by atoms with Crippen LogP contribution in [-0.4, -0.2) is 59.0 Å². The van der Waals surface area contributed by atoms with Crippen molar-refractivity contribution in [3.63, 3.8) is 0 Å². The average Bonchev–Trinajstić information content (AvgIpc) is 2.86. The third kappa shape index (κ3) is 4.32. The van der Waals surface area contributed by atoms with Gasteiger partial charge in [-0.05, 0) is 24.5 Å². The van der Waals surface area contributed by atoms with E-state index < -0.39 is 6.10 Å². The van der Waals surface area contributed by atoms with Gasteiger partial charge in [0.15, 0.2) is 0 Å². The van der Waals surface area contributed by atoms with E-state index in [0.717, 1.165) is 12.8 Å². The summed E-state index contributed by atoms with van der Waals surface area (Å²) in [6.45, 7) is 6.05. The van der Waals surface area contributed by atoms with Gasteiger partial charge in [-0.25, -0.2) is 0 Å². The van der Waals surface area contributed by atoms with E-state index in [1.165, 1.54) is 0 Å². The number of aliphatic hydroxyl groups excluding tert-OH is 1. The first-order valence-electron chi connectivity index (χ1n) is 8.35. The Morgan fingerprint density at radius 1 is 1.09 bits per heavy atom. The third-order valence-electron chi connectivity index (χ3n) is 4.55. The molecule has 2 amide bonds. The topological polar surface area (TPSA) is 60.9 Å². The van der Waals surface area contributed by atoms with E-state index in [0.29, 0.717) is 31.7 Å². The van der Waals surface area contributed by atoms with Crippen molar-refractivity contribution in [3.8, 4) is 0 Å². The van der Waals surface area contributed by atoms with Crippen molar-refractivity contribution in [2.24, 2.45) is 5.92 Å². The summed E-state index contributed by atoms with van der Waals surface area (Å²) in [7, 11) is 0. The molecule has 0 aliphatic carbocycles. The predicted molar refractivity (Wildman–Crippen MR) is 89.0 cm³/mol. The van der Waals surface area contributed by atoms with Crippen LogP contribution < -0.4 is 0 Å². The lowest BCUT2D eigenvalue weighted by Crippen LogP contribution is -2.44. The van der Waals surface area contributed by atoms with E-state index in [-0.39, 0.29) is 17.7 Å². The molecule has 0 saturated carbocycles. The van der Waals surface area contributed by atoms with Gasteiger partial charge in [-0.2, -0.15) is 0 Å². The number of benzene rings is 1. The van der Waals surface area contributed by atoms with Gasteiger partial charge in [-0.15, -0.1) is 0 Å². The molecule has 126 valence electrons. The minimum Gasteiger partial charge on any atom is -0.383 e. The van der Waals surface area contributed by atoms with Crippen LogP contribution in [0.15, 0.2) is 30.3 Å². The quantitative estimate of drug-likeness (QED) is 0.920. The van der Waals surface area contributed by atoms with Gasteiger partial charge in [0.2, 0.25) is 0 Å². The second kappa shape index (κ2) is 8.11. The van der Waals surface area contributed by atoms with Crippen LogP contribution in [0.2, 0.25) is 0 Å². The lowest BCUT2D eigenvalue weighted by molar-refractivity contribution is -0.142. The maximum Gasteiger partial charge on any atom is 0.253 e. The fourth-order valence-electron chi connectivity index (χ4n) is 2.76. The molecule has 2 atom stereocenters. The van der Waals surface area contributed by atoms with Gasteiger partial charge >= 0.3 is 0 Å². The fourth-order valence-corrected chi connectivity index (χ4v) is 2.76. The van der Waals surface area contributed by atoms with Gasteiger partial charge < -0.3 is 14.9 Å². The van der Waals surface area contributed by atoms with Gasteiger partial charge in [-0.3, -0.25) is 9.59 Å². The number of carbonyl (C=O) groups is 2. The van der Waals surface area contributed by atoms with Gasteiger partial charge in [-0.1, -0.05) is 38.5 Å². The summed E-state index contributed by atoms with van der Waals surface area (Å²) in [4.78, 5) is 28.3. The molecule has 1 aliphatic heterocycles. The van der Waals surface area contributed by atoms with E-state index in [2.05, 4.69) is 0 Å². The zero-order chi connectivity index (χ0) is 16.8. The van der Waals surface area contributed by atoms with Crippen molar-refractivity contribution in [3.05, 3.63) is 35.9 Å². The molecule has 5 heteroatoms. The van der Waals surface area contributed by atoms with Gasteiger partial charge in [0.05, 0.1) is 0 Å². The van der Waals surface area contributed by atoms with Gasteiger partial charge in [0, 0.05) is 31.7 Å². The smallest absolute Gasteiger partial charge is 0.253 e. The second-order valence-corrected chi connectivity index (χ2v) is 6.17. The van der Waals surface area contributed by atoms with E-state index in [4.69, 9.17) is 0 Å². The highest BCUT2D eigenvalue weighted by atomic mass is 16.3. The highest BCUT2D eigenvalue weighted by Gasteiger charge is 2.28. The SMILES string of the molecule is CCC(C)C(O)C(=O)N1CCCN(C(=O)c2ccccc2)CC1. The molecule has 5 nitrogen and oxygen atoms in total. The summed E-state index contributed by atoms with van der Waals surface area (Å²) in [6, 6.07) is 9.20. The molecular weight excluding hydrogens is 292 g/mol. The van der Waals surface area contributed by atoms with Crippen molar-refractivity contribution >= 4 is 11.8 Å². The number of carbonyl (C=O) groups excluding carboxylic acids is 2. The molecule has 1 aromatic carbocycles. The number of aliphatic hydroxyl groups is 1. The van der Waals surface area contributed by atoms with Crippen LogP contribution >= 0.6 is 0 Å². The minimum absolute atomic E-state index is 0.00220. The Bertz CT molecular complexity index is 532. The van der Waals surface area contributed by atoms with Crippen molar-refractivity contribution in [1.29, 1.82) is 0 Å². The van der Waals surface area contributed by atoms with Gasteiger partial charge in [0.1, 0.15) is 6.10 Å². The fraction of sp³-hybridized carbons (Fsp3) is 0.556. The maximum absolute atomic E-state index is 12.5. The summed E-state index contributed by atoms with van der Waals surface area (Å²) in [6.07, 6.45) is 0.549. The third-order valence-corrected chi connectivity index (χ3v) is 4.55. The van der Waals surface area contributed by atoms with E-state index in [1.807, 2.05) is 44.2 Å².